The van der Waals surface area contributed by atoms with Gasteiger partial charge in [0, 0.05) is 34.2 Å². The number of aryl methyl sites for hydroxylation is 2. The van der Waals surface area contributed by atoms with Gasteiger partial charge < -0.3 is 14.5 Å². The van der Waals surface area contributed by atoms with E-state index < -0.39 is 0 Å². The van der Waals surface area contributed by atoms with Gasteiger partial charge in [-0.2, -0.15) is 0 Å². The summed E-state index contributed by atoms with van der Waals surface area (Å²) in [5.41, 5.74) is 4.56. The second-order valence-corrected chi connectivity index (χ2v) is 8.79. The molecule has 0 spiro atoms. The smallest absolute Gasteiger partial charge is 0.251 e. The zero-order chi connectivity index (χ0) is 23.1. The quantitative estimate of drug-likeness (QED) is 0.409. The molecule has 1 unspecified atom stereocenters. The molecule has 5 rings (SSSR count). The lowest BCUT2D eigenvalue weighted by molar-refractivity contribution is 0.0925. The summed E-state index contributed by atoms with van der Waals surface area (Å²) in [6.07, 6.45) is 0.665. The van der Waals surface area contributed by atoms with E-state index in [0.29, 0.717) is 40.3 Å². The van der Waals surface area contributed by atoms with Crippen molar-refractivity contribution in [2.75, 3.05) is 6.61 Å². The molecule has 1 aromatic heterocycles. The van der Waals surface area contributed by atoms with E-state index in [-0.39, 0.29) is 17.4 Å². The van der Waals surface area contributed by atoms with Crippen molar-refractivity contribution < 1.29 is 13.9 Å². The molecule has 1 amide bonds. The third-order valence-corrected chi connectivity index (χ3v) is 6.14. The van der Waals surface area contributed by atoms with Crippen LogP contribution in [0, 0.1) is 13.8 Å². The maximum absolute atomic E-state index is 12.9. The Morgan fingerprint density at radius 3 is 2.61 bits per heavy atom. The number of halogens is 1. The van der Waals surface area contributed by atoms with E-state index in [1.54, 1.807) is 30.3 Å². The van der Waals surface area contributed by atoms with E-state index in [1.165, 1.54) is 6.07 Å². The fraction of sp³-hybridized carbons (Fsp3) is 0.185. The topological polar surface area (TPSA) is 68.5 Å². The second kappa shape index (κ2) is 8.41. The third-order valence-electron chi connectivity index (χ3n) is 5.91. The van der Waals surface area contributed by atoms with Crippen molar-refractivity contribution in [2.24, 2.45) is 0 Å². The molecular weight excluding hydrogens is 438 g/mol. The van der Waals surface area contributed by atoms with Crippen LogP contribution in [-0.2, 0) is 0 Å². The van der Waals surface area contributed by atoms with E-state index in [0.717, 1.165) is 28.0 Å². The number of carbonyl (C=O) groups excluding carboxylic acids is 1. The molecule has 1 N–H and O–H groups in total. The fourth-order valence-electron chi connectivity index (χ4n) is 4.29. The lowest BCUT2D eigenvalue weighted by Crippen LogP contribution is -2.32. The first-order chi connectivity index (χ1) is 15.9. The summed E-state index contributed by atoms with van der Waals surface area (Å²) in [6.45, 7) is 4.41. The number of benzene rings is 3. The van der Waals surface area contributed by atoms with Crippen LogP contribution in [0.15, 0.2) is 69.9 Å². The Balaban J connectivity index is 1.40. The SMILES string of the molecule is Cc1cc(C)c2oc(-c3ccc(C(=O)NC4CCOc5ccc(Cl)cc54)cc3)cc(=O)c2c1. The average Bonchev–Trinajstić information content (AvgIpc) is 2.80. The molecule has 3 aromatic carbocycles. The maximum Gasteiger partial charge on any atom is 0.251 e. The van der Waals surface area contributed by atoms with Gasteiger partial charge in [-0.25, -0.2) is 0 Å². The molecule has 1 aliphatic heterocycles. The van der Waals surface area contributed by atoms with Crippen molar-refractivity contribution in [3.05, 3.63) is 98.2 Å². The predicted molar refractivity (Wildman–Crippen MR) is 129 cm³/mol. The molecule has 33 heavy (non-hydrogen) atoms. The van der Waals surface area contributed by atoms with Crippen molar-refractivity contribution >= 4 is 28.5 Å². The van der Waals surface area contributed by atoms with Gasteiger partial charge >= 0.3 is 0 Å². The number of carbonyl (C=O) groups is 1. The summed E-state index contributed by atoms with van der Waals surface area (Å²) < 4.78 is 11.7. The van der Waals surface area contributed by atoms with Crippen molar-refractivity contribution in [1.29, 1.82) is 0 Å². The molecule has 2 heterocycles. The van der Waals surface area contributed by atoms with Gasteiger partial charge in [0.25, 0.3) is 5.91 Å². The number of nitrogens with one attached hydrogen (secondary N) is 1. The summed E-state index contributed by atoms with van der Waals surface area (Å²) >= 11 is 6.14. The summed E-state index contributed by atoms with van der Waals surface area (Å²) in [4.78, 5) is 25.6. The molecular formula is C27H22ClNO4. The van der Waals surface area contributed by atoms with Crippen molar-refractivity contribution in [3.63, 3.8) is 0 Å². The summed E-state index contributed by atoms with van der Waals surface area (Å²) in [7, 11) is 0. The minimum absolute atomic E-state index is 0.0864. The minimum atomic E-state index is -0.189. The van der Waals surface area contributed by atoms with E-state index in [9.17, 15) is 9.59 Å². The molecule has 1 aliphatic rings. The first-order valence-corrected chi connectivity index (χ1v) is 11.2. The highest BCUT2D eigenvalue weighted by atomic mass is 35.5. The maximum atomic E-state index is 12.9. The van der Waals surface area contributed by atoms with Crippen LogP contribution >= 0.6 is 11.6 Å². The van der Waals surface area contributed by atoms with Gasteiger partial charge in [0.05, 0.1) is 18.0 Å². The van der Waals surface area contributed by atoms with Gasteiger partial charge in [0.2, 0.25) is 0 Å². The number of hydrogen-bond donors (Lipinski definition) is 1. The van der Waals surface area contributed by atoms with Gasteiger partial charge in [0.15, 0.2) is 5.43 Å². The molecule has 0 fully saturated rings. The van der Waals surface area contributed by atoms with E-state index in [4.69, 9.17) is 20.8 Å². The van der Waals surface area contributed by atoms with Crippen LogP contribution in [0.4, 0.5) is 0 Å². The van der Waals surface area contributed by atoms with Crippen LogP contribution in [0.25, 0.3) is 22.3 Å². The Bertz CT molecular complexity index is 1440. The second-order valence-electron chi connectivity index (χ2n) is 8.36. The van der Waals surface area contributed by atoms with E-state index in [2.05, 4.69) is 5.32 Å². The number of amides is 1. The minimum Gasteiger partial charge on any atom is -0.493 e. The Labute approximate surface area is 196 Å². The van der Waals surface area contributed by atoms with E-state index >= 15 is 0 Å². The number of hydrogen-bond acceptors (Lipinski definition) is 4. The molecule has 166 valence electrons. The van der Waals surface area contributed by atoms with E-state index in [1.807, 2.05) is 38.1 Å². The highest BCUT2D eigenvalue weighted by molar-refractivity contribution is 6.30. The highest BCUT2D eigenvalue weighted by Gasteiger charge is 2.24. The van der Waals surface area contributed by atoms with Crippen LogP contribution in [0.5, 0.6) is 5.75 Å². The number of fused-ring (bicyclic) bond motifs is 2. The highest BCUT2D eigenvalue weighted by Crippen LogP contribution is 2.34. The molecule has 0 radical (unpaired) electrons. The zero-order valence-electron chi connectivity index (χ0n) is 18.3. The standard InChI is InChI=1S/C27H22ClNO4/c1-15-11-16(2)26-21(12-15)23(30)14-25(33-26)17-3-5-18(6-4-17)27(31)29-22-9-10-32-24-8-7-19(28)13-20(22)24/h3-8,11-14,22H,9-10H2,1-2H3,(H,29,31). The Morgan fingerprint density at radius 2 is 1.82 bits per heavy atom. The van der Waals surface area contributed by atoms with Crippen molar-refractivity contribution in [3.8, 4) is 17.1 Å². The molecule has 4 aromatic rings. The zero-order valence-corrected chi connectivity index (χ0v) is 19.0. The first-order valence-electron chi connectivity index (χ1n) is 10.8. The molecule has 0 aliphatic carbocycles. The monoisotopic (exact) mass is 459 g/mol. The fourth-order valence-corrected chi connectivity index (χ4v) is 4.47. The van der Waals surface area contributed by atoms with Crippen molar-refractivity contribution in [2.45, 2.75) is 26.3 Å². The van der Waals surface area contributed by atoms with Crippen LogP contribution in [0.2, 0.25) is 5.02 Å². The van der Waals surface area contributed by atoms with Gasteiger partial charge in [-0.15, -0.1) is 0 Å². The first kappa shape index (κ1) is 21.3. The molecule has 0 bridgehead atoms. The van der Waals surface area contributed by atoms with Crippen molar-refractivity contribution in [1.82, 2.24) is 5.32 Å². The largest absolute Gasteiger partial charge is 0.493 e. The summed E-state index contributed by atoms with van der Waals surface area (Å²) in [6, 6.07) is 17.6. The predicted octanol–water partition coefficient (Wildman–Crippen LogP) is 5.98. The molecule has 1 atom stereocenters. The normalized spacial score (nSPS) is 15.1. The molecule has 5 nitrogen and oxygen atoms in total. The van der Waals surface area contributed by atoms with Crippen LogP contribution in [0.3, 0.4) is 0 Å². The molecule has 0 saturated carbocycles. The Kier molecular flexibility index (Phi) is 5.43. The number of ether oxygens (including phenoxy) is 1. The lowest BCUT2D eigenvalue weighted by atomic mass is 10.00. The van der Waals surface area contributed by atoms with Gasteiger partial charge in [-0.1, -0.05) is 29.8 Å². The Hall–Kier alpha value is -3.57. The number of rotatable bonds is 3. The lowest BCUT2D eigenvalue weighted by Gasteiger charge is -2.27. The molecule has 0 saturated heterocycles. The molecule has 6 heteroatoms. The summed E-state index contributed by atoms with van der Waals surface area (Å²) in [5.74, 6) is 1.02. The van der Waals surface area contributed by atoms with Gasteiger partial charge in [-0.05, 0) is 61.4 Å². The van der Waals surface area contributed by atoms with Crippen LogP contribution in [-0.4, -0.2) is 12.5 Å². The van der Waals surface area contributed by atoms with Crippen LogP contribution < -0.4 is 15.5 Å². The Morgan fingerprint density at radius 1 is 1.03 bits per heavy atom. The average molecular weight is 460 g/mol. The van der Waals surface area contributed by atoms with Gasteiger partial charge in [-0.3, -0.25) is 9.59 Å². The summed E-state index contributed by atoms with van der Waals surface area (Å²) in [5, 5.41) is 4.25. The van der Waals surface area contributed by atoms with Gasteiger partial charge in [0.1, 0.15) is 17.1 Å². The third kappa shape index (κ3) is 4.12. The van der Waals surface area contributed by atoms with Crippen LogP contribution in [0.1, 0.15) is 39.5 Å².